The van der Waals surface area contributed by atoms with E-state index in [4.69, 9.17) is 16.7 Å². The van der Waals surface area contributed by atoms with Crippen molar-refractivity contribution in [1.29, 1.82) is 0 Å². The van der Waals surface area contributed by atoms with Crippen LogP contribution in [0.5, 0.6) is 0 Å². The summed E-state index contributed by atoms with van der Waals surface area (Å²) in [5.74, 6) is -1.13. The lowest BCUT2D eigenvalue weighted by atomic mass is 10.2. The van der Waals surface area contributed by atoms with Gasteiger partial charge in [-0.05, 0) is 18.6 Å². The van der Waals surface area contributed by atoms with Gasteiger partial charge in [-0.2, -0.15) is 0 Å². The first-order valence-electron chi connectivity index (χ1n) is 4.46. The highest BCUT2D eigenvalue weighted by molar-refractivity contribution is 6.32. The largest absolute Gasteiger partial charge is 0.561 e. The smallest absolute Gasteiger partial charge is 0.558 e. The van der Waals surface area contributed by atoms with E-state index in [1.165, 1.54) is 10.6 Å². The van der Waals surface area contributed by atoms with Gasteiger partial charge in [0.15, 0.2) is 5.15 Å². The highest BCUT2D eigenvalue weighted by Crippen LogP contribution is 2.12. The lowest BCUT2D eigenvalue weighted by Gasteiger charge is -2.03. The van der Waals surface area contributed by atoms with E-state index in [1.807, 2.05) is 0 Å². The van der Waals surface area contributed by atoms with Crippen molar-refractivity contribution in [3.63, 3.8) is 0 Å². The summed E-state index contributed by atoms with van der Waals surface area (Å²) in [6.07, 6.45) is 1.49. The Bertz CT molecular complexity index is 648. The van der Waals surface area contributed by atoms with E-state index >= 15 is 0 Å². The molecule has 0 aliphatic heterocycles. The quantitative estimate of drug-likeness (QED) is 0.538. The Morgan fingerprint density at radius 1 is 1.56 bits per heavy atom. The Morgan fingerprint density at radius 3 is 2.88 bits per heavy atom. The number of aryl methyl sites for hydroxylation is 1. The maximum atomic E-state index is 11.8. The normalized spacial score (nSPS) is 10.6. The summed E-state index contributed by atoms with van der Waals surface area (Å²) in [5.41, 5.74) is 0.149. The minimum atomic E-state index is -1.13. The van der Waals surface area contributed by atoms with Gasteiger partial charge in [0.05, 0.1) is 0 Å². The zero-order valence-electron chi connectivity index (χ0n) is 8.32. The van der Waals surface area contributed by atoms with Crippen molar-refractivity contribution >= 4 is 23.2 Å². The van der Waals surface area contributed by atoms with Crippen molar-refractivity contribution in [3.8, 4) is 0 Å². The molecule has 2 heterocycles. The number of halogens is 1. The van der Waals surface area contributed by atoms with Gasteiger partial charge in [-0.25, -0.2) is 4.98 Å². The predicted molar refractivity (Wildman–Crippen MR) is 59.2 cm³/mol. The molecule has 0 atom stereocenters. The number of pyridine rings is 1. The number of hydrogen-bond donors (Lipinski definition) is 0. The van der Waals surface area contributed by atoms with Crippen LogP contribution in [-0.4, -0.2) is 20.5 Å². The van der Waals surface area contributed by atoms with E-state index in [-0.39, 0.29) is 5.15 Å². The third-order valence-electron chi connectivity index (χ3n) is 2.23. The summed E-state index contributed by atoms with van der Waals surface area (Å²) in [5, 5.41) is 6.73. The number of carbonyl (C=O) groups is 1. The lowest BCUT2D eigenvalue weighted by molar-refractivity contribution is 0.0694. The van der Waals surface area contributed by atoms with Crippen molar-refractivity contribution in [1.82, 2.24) is 9.38 Å². The fourth-order valence-corrected chi connectivity index (χ4v) is 1.71. The maximum Gasteiger partial charge on any atom is 0.558 e. The second-order valence-corrected chi connectivity index (χ2v) is 3.65. The third-order valence-corrected chi connectivity index (χ3v) is 2.51. The molecule has 0 aromatic carbocycles. The summed E-state index contributed by atoms with van der Waals surface area (Å²) >= 11 is 5.71. The van der Waals surface area contributed by atoms with Gasteiger partial charge in [0.1, 0.15) is 5.65 Å². The van der Waals surface area contributed by atoms with E-state index in [1.54, 1.807) is 19.1 Å². The number of hydrogen-bond acceptors (Lipinski definition) is 3. The highest BCUT2D eigenvalue weighted by atomic mass is 35.5. The van der Waals surface area contributed by atoms with Crippen molar-refractivity contribution in [2.75, 3.05) is 0 Å². The molecule has 2 aromatic rings. The van der Waals surface area contributed by atoms with Crippen molar-refractivity contribution in [2.24, 2.45) is 0 Å². The Hall–Kier alpha value is -1.88. The van der Waals surface area contributed by atoms with E-state index in [2.05, 4.69) is 4.98 Å². The van der Waals surface area contributed by atoms with Crippen LogP contribution in [0.4, 0.5) is 0 Å². The second kappa shape index (κ2) is 3.61. The molecule has 0 amide bonds. The Kier molecular flexibility index (Phi) is 2.40. The third kappa shape index (κ3) is 1.45. The summed E-state index contributed by atoms with van der Waals surface area (Å²) in [6.45, 7) is 1.78. The lowest BCUT2D eigenvalue weighted by Crippen LogP contribution is -2.24. The van der Waals surface area contributed by atoms with E-state index in [0.29, 0.717) is 5.65 Å². The average molecular weight is 240 g/mol. The first kappa shape index (κ1) is 10.6. The van der Waals surface area contributed by atoms with Crippen LogP contribution in [-0.2, 0) is 0 Å². The molecule has 82 valence electrons. The van der Waals surface area contributed by atoms with Crippen LogP contribution in [0.15, 0.2) is 23.1 Å². The zero-order valence-corrected chi connectivity index (χ0v) is 9.08. The van der Waals surface area contributed by atoms with Gasteiger partial charge < -0.3 is 5.11 Å². The molecular formula is C10H8ClN2O3+. The van der Waals surface area contributed by atoms with Crippen molar-refractivity contribution in [2.45, 2.75) is 6.92 Å². The van der Waals surface area contributed by atoms with Crippen LogP contribution in [0.2, 0.25) is 5.15 Å². The number of fused-ring (bicyclic) bond motifs is 1. The monoisotopic (exact) mass is 239 g/mol. The van der Waals surface area contributed by atoms with Crippen LogP contribution < -0.4 is 5.56 Å². The summed E-state index contributed by atoms with van der Waals surface area (Å²) in [6, 6.07) is 3.44. The standard InChI is InChI=1S/C10H7ClN2O3/c1-5-3-2-4-13-8(5)12-7(11)6(9(13)14)10(15)16/h2-4H,1H3,(H,15,16)/p+1. The number of aromatic nitrogens is 2. The van der Waals surface area contributed by atoms with Gasteiger partial charge in [0.2, 0.25) is 5.56 Å². The van der Waals surface area contributed by atoms with Gasteiger partial charge in [-0.3, -0.25) is 9.20 Å². The molecule has 5 nitrogen and oxygen atoms in total. The van der Waals surface area contributed by atoms with E-state index < -0.39 is 17.1 Å². The first-order chi connectivity index (χ1) is 7.52. The molecule has 0 fully saturated rings. The molecule has 2 N–H and O–H groups in total. The molecule has 2 rings (SSSR count). The molecule has 0 saturated heterocycles. The SMILES string of the molecule is Cc1cccn2c(=O)c(C(=O)[OH2+])c(Cl)nc12. The van der Waals surface area contributed by atoms with Crippen LogP contribution in [0, 0.1) is 6.92 Å². The molecule has 0 radical (unpaired) electrons. The van der Waals surface area contributed by atoms with Gasteiger partial charge >= 0.3 is 5.97 Å². The van der Waals surface area contributed by atoms with Crippen molar-refractivity contribution < 1.29 is 9.90 Å². The van der Waals surface area contributed by atoms with Crippen LogP contribution in [0.1, 0.15) is 15.9 Å². The molecule has 2 aromatic heterocycles. The molecule has 0 bridgehead atoms. The Balaban J connectivity index is 3.01. The first-order valence-corrected chi connectivity index (χ1v) is 4.83. The van der Waals surface area contributed by atoms with E-state index in [0.717, 1.165) is 5.56 Å². The Morgan fingerprint density at radius 2 is 2.25 bits per heavy atom. The minimum absolute atomic E-state index is 0.223. The molecule has 0 unspecified atom stereocenters. The summed E-state index contributed by atoms with van der Waals surface area (Å²) in [7, 11) is 0. The molecule has 0 saturated carbocycles. The number of nitrogens with zero attached hydrogens (tertiary/aromatic N) is 2. The maximum absolute atomic E-state index is 11.8. The van der Waals surface area contributed by atoms with Crippen molar-refractivity contribution in [3.05, 3.63) is 45.0 Å². The Labute approximate surface area is 94.9 Å². The van der Waals surface area contributed by atoms with Crippen LogP contribution in [0.3, 0.4) is 0 Å². The van der Waals surface area contributed by atoms with E-state index in [9.17, 15) is 9.59 Å². The van der Waals surface area contributed by atoms with Gasteiger partial charge in [0.25, 0.3) is 5.56 Å². The summed E-state index contributed by atoms with van der Waals surface area (Å²) in [4.78, 5) is 26.7. The molecule has 0 aliphatic rings. The van der Waals surface area contributed by atoms with Crippen LogP contribution >= 0.6 is 11.6 Å². The van der Waals surface area contributed by atoms with Gasteiger partial charge in [-0.1, -0.05) is 17.7 Å². The average Bonchev–Trinajstić information content (AvgIpc) is 2.19. The fraction of sp³-hybridized carbons (Fsp3) is 0.100. The molecule has 0 aliphatic carbocycles. The second-order valence-electron chi connectivity index (χ2n) is 3.30. The molecule has 6 heteroatoms. The highest BCUT2D eigenvalue weighted by Gasteiger charge is 2.24. The van der Waals surface area contributed by atoms with Gasteiger partial charge in [0, 0.05) is 11.0 Å². The minimum Gasteiger partial charge on any atom is -0.561 e. The topological polar surface area (TPSA) is 74.3 Å². The number of rotatable bonds is 1. The zero-order chi connectivity index (χ0) is 11.9. The summed E-state index contributed by atoms with van der Waals surface area (Å²) < 4.78 is 1.21. The molecular weight excluding hydrogens is 232 g/mol. The predicted octanol–water partition coefficient (Wildman–Crippen LogP) is 0.521. The fourth-order valence-electron chi connectivity index (χ4n) is 1.46. The number of carbonyl (C=O) groups excluding carboxylic acids is 1. The van der Waals surface area contributed by atoms with Gasteiger partial charge in [-0.15, -0.1) is 0 Å². The molecule has 0 spiro atoms. The van der Waals surface area contributed by atoms with Crippen LogP contribution in [0.25, 0.3) is 5.65 Å². The molecule has 16 heavy (non-hydrogen) atoms.